The third kappa shape index (κ3) is 1.95. The van der Waals surface area contributed by atoms with Crippen molar-refractivity contribution in [2.75, 3.05) is 6.67 Å². The SMILES string of the molecule is Cl.NN1C=CC=NC1. The molecule has 0 atom stereocenters. The monoisotopic (exact) mass is 133 g/mol. The molecule has 0 bridgehead atoms. The van der Waals surface area contributed by atoms with Crippen LogP contribution < -0.4 is 5.84 Å². The van der Waals surface area contributed by atoms with Crippen molar-refractivity contribution in [3.8, 4) is 0 Å². The van der Waals surface area contributed by atoms with Crippen molar-refractivity contribution in [2.45, 2.75) is 0 Å². The van der Waals surface area contributed by atoms with Gasteiger partial charge in [0.1, 0.15) is 6.67 Å². The summed E-state index contributed by atoms with van der Waals surface area (Å²) in [5.41, 5.74) is 0. The number of hydrogen-bond acceptors (Lipinski definition) is 3. The van der Waals surface area contributed by atoms with Crippen LogP contribution in [0.5, 0.6) is 0 Å². The third-order valence-corrected chi connectivity index (χ3v) is 0.714. The van der Waals surface area contributed by atoms with E-state index in [2.05, 4.69) is 4.99 Å². The van der Waals surface area contributed by atoms with E-state index in [0.29, 0.717) is 6.67 Å². The van der Waals surface area contributed by atoms with Crippen molar-refractivity contribution in [3.63, 3.8) is 0 Å². The summed E-state index contributed by atoms with van der Waals surface area (Å²) in [5, 5.41) is 1.51. The fourth-order valence-corrected chi connectivity index (χ4v) is 0.398. The van der Waals surface area contributed by atoms with Crippen molar-refractivity contribution in [1.82, 2.24) is 5.01 Å². The summed E-state index contributed by atoms with van der Waals surface area (Å²) in [5.74, 6) is 5.27. The van der Waals surface area contributed by atoms with Gasteiger partial charge < -0.3 is 0 Å². The van der Waals surface area contributed by atoms with Gasteiger partial charge in [-0.3, -0.25) is 10.0 Å². The molecule has 0 radical (unpaired) electrons. The molecule has 8 heavy (non-hydrogen) atoms. The van der Waals surface area contributed by atoms with E-state index in [1.807, 2.05) is 0 Å². The van der Waals surface area contributed by atoms with Gasteiger partial charge in [0.05, 0.1) is 0 Å². The molecule has 1 rings (SSSR count). The van der Waals surface area contributed by atoms with E-state index in [4.69, 9.17) is 5.84 Å². The number of rotatable bonds is 0. The maximum absolute atomic E-state index is 5.27. The molecule has 0 saturated carbocycles. The first-order chi connectivity index (χ1) is 3.39. The summed E-state index contributed by atoms with van der Waals surface area (Å²) in [6.45, 7) is 0.580. The maximum atomic E-state index is 5.27. The normalized spacial score (nSPS) is 15.9. The minimum Gasteiger partial charge on any atom is -0.297 e. The Morgan fingerprint density at radius 1 is 1.62 bits per heavy atom. The van der Waals surface area contributed by atoms with Crippen LogP contribution in [0.4, 0.5) is 0 Å². The Morgan fingerprint density at radius 2 is 2.38 bits per heavy atom. The van der Waals surface area contributed by atoms with Gasteiger partial charge in [-0.15, -0.1) is 12.4 Å². The van der Waals surface area contributed by atoms with Crippen LogP contribution in [-0.2, 0) is 0 Å². The fraction of sp³-hybridized carbons (Fsp3) is 0.250. The Hall–Kier alpha value is -0.540. The second-order valence-electron chi connectivity index (χ2n) is 1.33. The van der Waals surface area contributed by atoms with Crippen molar-refractivity contribution < 1.29 is 0 Å². The van der Waals surface area contributed by atoms with Gasteiger partial charge >= 0.3 is 0 Å². The predicted molar refractivity (Wildman–Crippen MR) is 35.8 cm³/mol. The predicted octanol–water partition coefficient (Wildman–Crippen LogP) is 0.140. The molecule has 4 heteroatoms. The van der Waals surface area contributed by atoms with Crippen LogP contribution in [0.2, 0.25) is 0 Å². The van der Waals surface area contributed by atoms with Crippen LogP contribution in [0.3, 0.4) is 0 Å². The number of allylic oxidation sites excluding steroid dienone is 1. The Bertz CT molecular complexity index is 110. The highest BCUT2D eigenvalue weighted by Crippen LogP contribution is 1.84. The van der Waals surface area contributed by atoms with Gasteiger partial charge in [0.15, 0.2) is 0 Å². The minimum absolute atomic E-state index is 0. The first-order valence-corrected chi connectivity index (χ1v) is 2.07. The molecule has 0 spiro atoms. The van der Waals surface area contributed by atoms with Crippen LogP contribution in [-0.4, -0.2) is 17.9 Å². The van der Waals surface area contributed by atoms with Gasteiger partial charge in [-0.2, -0.15) is 0 Å². The van der Waals surface area contributed by atoms with Crippen molar-refractivity contribution in [2.24, 2.45) is 10.8 Å². The molecule has 1 aliphatic heterocycles. The largest absolute Gasteiger partial charge is 0.297 e. The first kappa shape index (κ1) is 7.46. The topological polar surface area (TPSA) is 41.6 Å². The molecule has 1 aliphatic rings. The van der Waals surface area contributed by atoms with Crippen LogP contribution in [0.1, 0.15) is 0 Å². The lowest BCUT2D eigenvalue weighted by Gasteiger charge is -2.10. The van der Waals surface area contributed by atoms with Gasteiger partial charge in [-0.05, 0) is 6.08 Å². The Balaban J connectivity index is 0.000000490. The van der Waals surface area contributed by atoms with Gasteiger partial charge in [0, 0.05) is 12.4 Å². The molecule has 1 heterocycles. The molecule has 0 aromatic carbocycles. The van der Waals surface area contributed by atoms with Gasteiger partial charge in [-0.25, -0.2) is 5.84 Å². The number of aliphatic imine (C=N–C) groups is 1. The average Bonchev–Trinajstić information content (AvgIpc) is 1.69. The van der Waals surface area contributed by atoms with Gasteiger partial charge in [-0.1, -0.05) is 0 Å². The lowest BCUT2D eigenvalue weighted by atomic mass is 10.6. The highest BCUT2D eigenvalue weighted by atomic mass is 35.5. The summed E-state index contributed by atoms with van der Waals surface area (Å²) in [6, 6.07) is 0. The molecule has 46 valence electrons. The molecule has 3 nitrogen and oxygen atoms in total. The fourth-order valence-electron chi connectivity index (χ4n) is 0.398. The van der Waals surface area contributed by atoms with Crippen LogP contribution in [0.15, 0.2) is 17.3 Å². The lowest BCUT2D eigenvalue weighted by Crippen LogP contribution is -2.26. The zero-order valence-corrected chi connectivity index (χ0v) is 5.14. The Morgan fingerprint density at radius 3 is 2.62 bits per heavy atom. The zero-order valence-electron chi connectivity index (χ0n) is 4.32. The molecule has 0 amide bonds. The zero-order chi connectivity index (χ0) is 5.11. The van der Waals surface area contributed by atoms with E-state index in [9.17, 15) is 0 Å². The molecule has 0 saturated heterocycles. The Kier molecular flexibility index (Phi) is 3.23. The minimum atomic E-state index is 0. The van der Waals surface area contributed by atoms with E-state index in [1.165, 1.54) is 5.01 Å². The van der Waals surface area contributed by atoms with E-state index in [0.717, 1.165) is 0 Å². The molecule has 0 aliphatic carbocycles. The molecule has 2 N–H and O–H groups in total. The van der Waals surface area contributed by atoms with Crippen LogP contribution >= 0.6 is 12.4 Å². The smallest absolute Gasteiger partial charge is 0.123 e. The quantitative estimate of drug-likeness (QED) is 0.478. The molecule has 0 aromatic rings. The van der Waals surface area contributed by atoms with E-state index < -0.39 is 0 Å². The standard InChI is InChI=1S/C4H7N3.ClH/c5-7-3-1-2-6-4-7;/h1-3H,4-5H2;1H. The molecular weight excluding hydrogens is 126 g/mol. The van der Waals surface area contributed by atoms with Crippen LogP contribution in [0.25, 0.3) is 0 Å². The second kappa shape index (κ2) is 3.46. The first-order valence-electron chi connectivity index (χ1n) is 2.07. The van der Waals surface area contributed by atoms with E-state index in [1.54, 1.807) is 18.5 Å². The summed E-state index contributed by atoms with van der Waals surface area (Å²) in [7, 11) is 0. The average molecular weight is 134 g/mol. The van der Waals surface area contributed by atoms with Crippen molar-refractivity contribution in [1.29, 1.82) is 0 Å². The summed E-state index contributed by atoms with van der Waals surface area (Å²) in [4.78, 5) is 3.85. The van der Waals surface area contributed by atoms with E-state index >= 15 is 0 Å². The third-order valence-electron chi connectivity index (χ3n) is 0.714. The number of hydrazine groups is 1. The van der Waals surface area contributed by atoms with Crippen molar-refractivity contribution in [3.05, 3.63) is 12.3 Å². The molecule has 0 aromatic heterocycles. The van der Waals surface area contributed by atoms with Crippen LogP contribution in [0, 0.1) is 0 Å². The van der Waals surface area contributed by atoms with Gasteiger partial charge in [0.25, 0.3) is 0 Å². The number of nitrogens with two attached hydrogens (primary N) is 1. The molecular formula is C4H8ClN3. The highest BCUT2D eigenvalue weighted by molar-refractivity contribution is 5.85. The number of halogens is 1. The van der Waals surface area contributed by atoms with E-state index in [-0.39, 0.29) is 12.4 Å². The summed E-state index contributed by atoms with van der Waals surface area (Å²) >= 11 is 0. The van der Waals surface area contributed by atoms with Crippen molar-refractivity contribution >= 4 is 18.6 Å². The molecule has 0 unspecified atom stereocenters. The lowest BCUT2D eigenvalue weighted by molar-refractivity contribution is 0.405. The summed E-state index contributed by atoms with van der Waals surface area (Å²) in [6.07, 6.45) is 5.29. The number of hydrogen-bond donors (Lipinski definition) is 1. The number of nitrogens with zero attached hydrogens (tertiary/aromatic N) is 2. The second-order valence-corrected chi connectivity index (χ2v) is 1.33. The summed E-state index contributed by atoms with van der Waals surface area (Å²) < 4.78 is 0. The highest BCUT2D eigenvalue weighted by Gasteiger charge is 1.87. The van der Waals surface area contributed by atoms with Gasteiger partial charge in [0.2, 0.25) is 0 Å². The molecule has 0 fully saturated rings. The Labute approximate surface area is 54.3 Å². The maximum Gasteiger partial charge on any atom is 0.123 e.